The molecule has 24 heavy (non-hydrogen) atoms. The van der Waals surface area contributed by atoms with E-state index in [0.717, 1.165) is 15.4 Å². The lowest BCUT2D eigenvalue weighted by molar-refractivity contribution is -0.130. The summed E-state index contributed by atoms with van der Waals surface area (Å²) in [5.41, 5.74) is 1.20. The molecule has 2 aromatic rings. The average molecular weight is 343 g/mol. The fraction of sp³-hybridized carbons (Fsp3) is 0.316. The van der Waals surface area contributed by atoms with Gasteiger partial charge in [-0.15, -0.1) is 0 Å². The number of hydrogen-bond donors (Lipinski definition) is 0. The molecule has 1 heterocycles. The summed E-state index contributed by atoms with van der Waals surface area (Å²) in [7, 11) is -3.83. The molecule has 126 valence electrons. The summed E-state index contributed by atoms with van der Waals surface area (Å²) in [4.78, 5) is 13.0. The number of benzene rings is 2. The third kappa shape index (κ3) is 2.63. The smallest absolute Gasteiger partial charge is 0.266 e. The molecule has 0 spiro atoms. The Labute approximate surface area is 143 Å². The van der Waals surface area contributed by atoms with Gasteiger partial charge in [0.15, 0.2) is 0 Å². The monoisotopic (exact) mass is 343 g/mol. The molecule has 4 nitrogen and oxygen atoms in total. The van der Waals surface area contributed by atoms with Gasteiger partial charge in [-0.1, -0.05) is 61.9 Å². The molecule has 2 aromatic carbocycles. The second-order valence-corrected chi connectivity index (χ2v) is 8.70. The molecular weight excluding hydrogens is 322 g/mol. The summed E-state index contributed by atoms with van der Waals surface area (Å²) in [6.07, 6.45) is 0. The van der Waals surface area contributed by atoms with E-state index in [0.29, 0.717) is 0 Å². The predicted octanol–water partition coefficient (Wildman–Crippen LogP) is 3.34. The van der Waals surface area contributed by atoms with Crippen LogP contribution in [0.25, 0.3) is 0 Å². The first kappa shape index (κ1) is 16.7. The number of rotatable bonds is 3. The van der Waals surface area contributed by atoms with E-state index in [1.807, 2.05) is 51.1 Å². The minimum Gasteiger partial charge on any atom is -0.273 e. The Morgan fingerprint density at radius 1 is 1.00 bits per heavy atom. The van der Waals surface area contributed by atoms with Crippen molar-refractivity contribution in [3.05, 3.63) is 65.7 Å². The van der Waals surface area contributed by atoms with Crippen molar-refractivity contribution in [3.8, 4) is 0 Å². The first-order valence-electron chi connectivity index (χ1n) is 7.93. The van der Waals surface area contributed by atoms with Gasteiger partial charge in [-0.3, -0.25) is 4.79 Å². The highest BCUT2D eigenvalue weighted by molar-refractivity contribution is 7.89. The molecule has 0 radical (unpaired) electrons. The van der Waals surface area contributed by atoms with Crippen molar-refractivity contribution in [2.24, 2.45) is 5.41 Å². The summed E-state index contributed by atoms with van der Waals surface area (Å²) in [6, 6.07) is 16.2. The molecule has 0 saturated carbocycles. The van der Waals surface area contributed by atoms with Crippen molar-refractivity contribution in [1.29, 1.82) is 0 Å². The number of nitrogens with zero attached hydrogens (tertiary/aromatic N) is 1. The summed E-state index contributed by atoms with van der Waals surface area (Å²) >= 11 is 0. The van der Waals surface area contributed by atoms with E-state index < -0.39 is 15.4 Å². The average Bonchev–Trinajstić information content (AvgIpc) is 2.80. The quantitative estimate of drug-likeness (QED) is 0.859. The molecule has 1 atom stereocenters. The summed E-state index contributed by atoms with van der Waals surface area (Å²) in [5.74, 6) is -0.511. The van der Waals surface area contributed by atoms with Gasteiger partial charge in [-0.2, -0.15) is 0 Å². The number of carbonyl (C=O) groups is 1. The van der Waals surface area contributed by atoms with E-state index in [1.54, 1.807) is 24.3 Å². The lowest BCUT2D eigenvalue weighted by Gasteiger charge is -2.23. The van der Waals surface area contributed by atoms with Crippen molar-refractivity contribution < 1.29 is 13.2 Å². The molecule has 1 amide bonds. The zero-order valence-electron chi connectivity index (χ0n) is 14.1. The van der Waals surface area contributed by atoms with Gasteiger partial charge in [0.25, 0.3) is 10.0 Å². The zero-order chi connectivity index (χ0) is 17.5. The van der Waals surface area contributed by atoms with Crippen molar-refractivity contribution in [3.63, 3.8) is 0 Å². The summed E-state index contributed by atoms with van der Waals surface area (Å²) in [5, 5.41) is 0. The standard InChI is InChI=1S/C19H21NO3S/c1-14-9-11-16(12-10-14)24(22,23)20-13-17(19(2,3)18(20)21)15-7-5-4-6-8-15/h4-12,17H,13H2,1-3H3. The van der Waals surface area contributed by atoms with Gasteiger partial charge >= 0.3 is 0 Å². The minimum absolute atomic E-state index is 0.158. The Morgan fingerprint density at radius 2 is 1.58 bits per heavy atom. The van der Waals surface area contributed by atoms with Gasteiger partial charge in [-0.25, -0.2) is 12.7 Å². The van der Waals surface area contributed by atoms with Crippen LogP contribution in [0.3, 0.4) is 0 Å². The Balaban J connectivity index is 2.01. The van der Waals surface area contributed by atoms with Crippen LogP contribution in [0.5, 0.6) is 0 Å². The highest BCUT2D eigenvalue weighted by atomic mass is 32.2. The molecule has 1 aliphatic heterocycles. The number of hydrogen-bond acceptors (Lipinski definition) is 3. The Kier molecular flexibility index (Phi) is 4.00. The van der Waals surface area contributed by atoms with E-state index in [4.69, 9.17) is 0 Å². The number of sulfonamides is 1. The molecule has 3 rings (SSSR count). The third-order valence-corrected chi connectivity index (χ3v) is 6.57. The van der Waals surface area contributed by atoms with Crippen molar-refractivity contribution in [2.75, 3.05) is 6.54 Å². The molecule has 0 aliphatic carbocycles. The summed E-state index contributed by atoms with van der Waals surface area (Å²) < 4.78 is 26.9. The van der Waals surface area contributed by atoms with Crippen LogP contribution in [-0.4, -0.2) is 25.2 Å². The SMILES string of the molecule is Cc1ccc(S(=O)(=O)N2CC(c3ccccc3)C(C)(C)C2=O)cc1. The van der Waals surface area contributed by atoms with E-state index in [2.05, 4.69) is 0 Å². The molecule has 0 bridgehead atoms. The Hall–Kier alpha value is -2.14. The minimum atomic E-state index is -3.83. The second kappa shape index (κ2) is 5.74. The van der Waals surface area contributed by atoms with Gasteiger partial charge in [0.1, 0.15) is 0 Å². The molecule has 1 saturated heterocycles. The van der Waals surface area contributed by atoms with Crippen molar-refractivity contribution in [1.82, 2.24) is 4.31 Å². The number of aryl methyl sites for hydroxylation is 1. The van der Waals surface area contributed by atoms with Gasteiger partial charge in [0.2, 0.25) is 5.91 Å². The van der Waals surface area contributed by atoms with Crippen LogP contribution in [0.4, 0.5) is 0 Å². The van der Waals surface area contributed by atoms with Gasteiger partial charge in [0.05, 0.1) is 10.3 Å². The molecule has 0 aromatic heterocycles. The van der Waals surface area contributed by atoms with E-state index in [9.17, 15) is 13.2 Å². The normalized spacial score (nSPS) is 20.4. The van der Waals surface area contributed by atoms with Gasteiger partial charge in [0, 0.05) is 12.5 Å². The van der Waals surface area contributed by atoms with Gasteiger partial charge in [-0.05, 0) is 24.6 Å². The molecule has 1 unspecified atom stereocenters. The van der Waals surface area contributed by atoms with Crippen LogP contribution in [-0.2, 0) is 14.8 Å². The van der Waals surface area contributed by atoms with Crippen molar-refractivity contribution >= 4 is 15.9 Å². The Morgan fingerprint density at radius 3 is 2.17 bits per heavy atom. The first-order valence-corrected chi connectivity index (χ1v) is 9.37. The maximum atomic E-state index is 12.9. The molecule has 5 heteroatoms. The second-order valence-electron chi connectivity index (χ2n) is 6.84. The van der Waals surface area contributed by atoms with Crippen molar-refractivity contribution in [2.45, 2.75) is 31.6 Å². The highest BCUT2D eigenvalue weighted by Crippen LogP contribution is 2.45. The molecule has 0 N–H and O–H groups in total. The molecule has 1 aliphatic rings. The van der Waals surface area contributed by atoms with Crippen LogP contribution in [0.1, 0.15) is 30.9 Å². The van der Waals surface area contributed by atoms with E-state index >= 15 is 0 Å². The Bertz CT molecular complexity index is 855. The highest BCUT2D eigenvalue weighted by Gasteiger charge is 2.51. The topological polar surface area (TPSA) is 54.5 Å². The van der Waals surface area contributed by atoms with Crippen LogP contribution in [0.2, 0.25) is 0 Å². The third-order valence-electron chi connectivity index (χ3n) is 4.81. The van der Waals surface area contributed by atoms with Gasteiger partial charge < -0.3 is 0 Å². The first-order chi connectivity index (χ1) is 11.2. The lowest BCUT2D eigenvalue weighted by atomic mass is 9.77. The zero-order valence-corrected chi connectivity index (χ0v) is 14.9. The van der Waals surface area contributed by atoms with Crippen LogP contribution in [0, 0.1) is 12.3 Å². The van der Waals surface area contributed by atoms with E-state index in [1.165, 1.54) is 0 Å². The largest absolute Gasteiger partial charge is 0.273 e. The van der Waals surface area contributed by atoms with Crippen LogP contribution in [0.15, 0.2) is 59.5 Å². The van der Waals surface area contributed by atoms with E-state index in [-0.39, 0.29) is 23.3 Å². The maximum absolute atomic E-state index is 12.9. The predicted molar refractivity (Wildman–Crippen MR) is 93.0 cm³/mol. The fourth-order valence-corrected chi connectivity index (χ4v) is 4.73. The number of amides is 1. The number of carbonyl (C=O) groups excluding carboxylic acids is 1. The molecule has 1 fully saturated rings. The summed E-state index contributed by atoms with van der Waals surface area (Å²) in [6.45, 7) is 5.70. The maximum Gasteiger partial charge on any atom is 0.266 e. The fourth-order valence-electron chi connectivity index (χ4n) is 3.20. The van der Waals surface area contributed by atoms with Crippen LogP contribution >= 0.6 is 0 Å². The molecular formula is C19H21NO3S. The lowest BCUT2D eigenvalue weighted by Crippen LogP contribution is -2.36. The van der Waals surface area contributed by atoms with Crippen LogP contribution < -0.4 is 0 Å².